The van der Waals surface area contributed by atoms with Crippen molar-refractivity contribution in [2.24, 2.45) is 0 Å². The predicted molar refractivity (Wildman–Crippen MR) is 134 cm³/mol. The van der Waals surface area contributed by atoms with Crippen molar-refractivity contribution < 1.29 is 4.79 Å². The zero-order valence-corrected chi connectivity index (χ0v) is 20.3. The standard InChI is InChI=1S/C24H29N7OS/c1-15-17(12-28-22(32)20-14-29-23(33-20)24(2,3)4)6-7-19(30-15)16-8-9-27-21(10-16)31-18(11-25)13-26-5/h6-11,13-14,25-26H,12H2,1-5H3,(H,27,31)(H,28,32)/b18-13+,25-11?. The second kappa shape index (κ2) is 10.4. The van der Waals surface area contributed by atoms with Gasteiger partial charge in [-0.1, -0.05) is 26.8 Å². The van der Waals surface area contributed by atoms with Crippen molar-refractivity contribution in [3.8, 4) is 11.3 Å². The van der Waals surface area contributed by atoms with E-state index in [1.54, 1.807) is 25.6 Å². The molecular weight excluding hydrogens is 434 g/mol. The van der Waals surface area contributed by atoms with Crippen LogP contribution in [0.4, 0.5) is 5.82 Å². The summed E-state index contributed by atoms with van der Waals surface area (Å²) >= 11 is 1.42. The highest BCUT2D eigenvalue weighted by atomic mass is 32.1. The molecule has 3 aromatic heterocycles. The molecule has 4 N–H and O–H groups in total. The number of amides is 1. The van der Waals surface area contributed by atoms with E-state index in [9.17, 15) is 4.79 Å². The van der Waals surface area contributed by atoms with Gasteiger partial charge in [0.2, 0.25) is 0 Å². The second-order valence-corrected chi connectivity index (χ2v) is 9.52. The molecule has 0 fully saturated rings. The molecule has 0 spiro atoms. The Morgan fingerprint density at radius 1 is 1.21 bits per heavy atom. The zero-order chi connectivity index (χ0) is 24.0. The number of carbonyl (C=O) groups excluding carboxylic acids is 1. The summed E-state index contributed by atoms with van der Waals surface area (Å²) in [6, 6.07) is 7.67. The SMILES string of the molecule is CN/C=C(\C=N)Nc1cc(-c2ccc(CNC(=O)c3cnc(C(C)(C)C)s3)c(C)n2)ccn1. The molecule has 0 unspecified atom stereocenters. The van der Waals surface area contributed by atoms with Gasteiger partial charge < -0.3 is 21.4 Å². The molecule has 0 aliphatic carbocycles. The molecule has 0 saturated heterocycles. The van der Waals surface area contributed by atoms with Crippen LogP contribution in [0.5, 0.6) is 0 Å². The molecule has 0 radical (unpaired) electrons. The van der Waals surface area contributed by atoms with Crippen molar-refractivity contribution in [2.45, 2.75) is 39.7 Å². The summed E-state index contributed by atoms with van der Waals surface area (Å²) in [5.74, 6) is 0.487. The summed E-state index contributed by atoms with van der Waals surface area (Å²) in [7, 11) is 1.77. The zero-order valence-electron chi connectivity index (χ0n) is 19.5. The number of carbonyl (C=O) groups is 1. The number of anilines is 1. The van der Waals surface area contributed by atoms with Crippen LogP contribution in [-0.2, 0) is 12.0 Å². The minimum absolute atomic E-state index is 0.0773. The minimum atomic E-state index is -0.132. The molecule has 9 heteroatoms. The number of hydrogen-bond donors (Lipinski definition) is 4. The van der Waals surface area contributed by atoms with Crippen molar-refractivity contribution in [1.82, 2.24) is 25.6 Å². The Morgan fingerprint density at radius 2 is 2.00 bits per heavy atom. The van der Waals surface area contributed by atoms with E-state index in [1.807, 2.05) is 31.2 Å². The van der Waals surface area contributed by atoms with Gasteiger partial charge in [-0.05, 0) is 30.7 Å². The van der Waals surface area contributed by atoms with Crippen molar-refractivity contribution in [1.29, 1.82) is 5.41 Å². The van der Waals surface area contributed by atoms with E-state index in [0.29, 0.717) is 22.9 Å². The van der Waals surface area contributed by atoms with Crippen LogP contribution in [0.1, 0.15) is 46.7 Å². The Bertz CT molecular complexity index is 1180. The number of rotatable bonds is 8. The average Bonchev–Trinajstić information content (AvgIpc) is 3.29. The van der Waals surface area contributed by atoms with Crippen LogP contribution in [-0.4, -0.2) is 34.1 Å². The van der Waals surface area contributed by atoms with Gasteiger partial charge in [0.05, 0.1) is 22.6 Å². The minimum Gasteiger partial charge on any atom is -0.392 e. The van der Waals surface area contributed by atoms with Gasteiger partial charge in [0.15, 0.2) is 0 Å². The lowest BCUT2D eigenvalue weighted by Gasteiger charge is -2.13. The maximum absolute atomic E-state index is 12.6. The van der Waals surface area contributed by atoms with Gasteiger partial charge in [0, 0.05) is 48.9 Å². The number of aryl methyl sites for hydroxylation is 1. The van der Waals surface area contributed by atoms with Gasteiger partial charge in [-0.25, -0.2) is 9.97 Å². The van der Waals surface area contributed by atoms with Crippen LogP contribution >= 0.6 is 11.3 Å². The van der Waals surface area contributed by atoms with Gasteiger partial charge in [-0.2, -0.15) is 0 Å². The Balaban J connectivity index is 1.69. The number of thiazole rings is 1. The highest BCUT2D eigenvalue weighted by molar-refractivity contribution is 7.13. The van der Waals surface area contributed by atoms with Crippen LogP contribution in [0.3, 0.4) is 0 Å². The molecule has 0 aromatic carbocycles. The molecule has 1 amide bonds. The van der Waals surface area contributed by atoms with Crippen LogP contribution in [0.2, 0.25) is 0 Å². The second-order valence-electron chi connectivity index (χ2n) is 8.49. The molecule has 0 atom stereocenters. The fourth-order valence-corrected chi connectivity index (χ4v) is 3.89. The Morgan fingerprint density at radius 3 is 2.64 bits per heavy atom. The third-order valence-corrected chi connectivity index (χ3v) is 6.21. The molecule has 33 heavy (non-hydrogen) atoms. The number of hydrogen-bond acceptors (Lipinski definition) is 8. The highest BCUT2D eigenvalue weighted by Crippen LogP contribution is 2.27. The summed E-state index contributed by atoms with van der Waals surface area (Å²) < 4.78 is 0. The summed E-state index contributed by atoms with van der Waals surface area (Å²) in [6.07, 6.45) is 6.24. The monoisotopic (exact) mass is 463 g/mol. The van der Waals surface area contributed by atoms with E-state index < -0.39 is 0 Å². The van der Waals surface area contributed by atoms with E-state index in [4.69, 9.17) is 10.4 Å². The maximum atomic E-state index is 12.6. The lowest BCUT2D eigenvalue weighted by Crippen LogP contribution is -2.22. The van der Waals surface area contributed by atoms with Gasteiger partial charge in [-0.15, -0.1) is 11.3 Å². The van der Waals surface area contributed by atoms with E-state index in [-0.39, 0.29) is 11.3 Å². The van der Waals surface area contributed by atoms with E-state index in [1.165, 1.54) is 17.6 Å². The summed E-state index contributed by atoms with van der Waals surface area (Å²) in [5, 5.41) is 17.4. The number of nitrogens with zero attached hydrogens (tertiary/aromatic N) is 3. The summed E-state index contributed by atoms with van der Waals surface area (Å²) in [4.78, 5) is 26.6. The first-order valence-corrected chi connectivity index (χ1v) is 11.4. The van der Waals surface area contributed by atoms with Gasteiger partial charge in [0.25, 0.3) is 5.91 Å². The largest absolute Gasteiger partial charge is 0.392 e. The van der Waals surface area contributed by atoms with Gasteiger partial charge in [0.1, 0.15) is 10.7 Å². The molecular formula is C24H29N7OS. The van der Waals surface area contributed by atoms with Gasteiger partial charge in [-0.3, -0.25) is 9.78 Å². The average molecular weight is 464 g/mol. The summed E-state index contributed by atoms with van der Waals surface area (Å²) in [5.41, 5.74) is 4.01. The Labute approximate surface area is 198 Å². The smallest absolute Gasteiger partial charge is 0.263 e. The van der Waals surface area contributed by atoms with E-state index in [0.717, 1.165) is 27.5 Å². The molecule has 0 saturated carbocycles. The fourth-order valence-electron chi connectivity index (χ4n) is 3.00. The molecule has 3 heterocycles. The molecule has 3 rings (SSSR count). The number of nitrogens with one attached hydrogen (secondary N) is 4. The number of allylic oxidation sites excluding steroid dienone is 1. The van der Waals surface area contributed by atoms with E-state index >= 15 is 0 Å². The Kier molecular flexibility index (Phi) is 7.55. The first-order valence-electron chi connectivity index (χ1n) is 10.5. The molecule has 0 aliphatic rings. The quantitative estimate of drug-likeness (QED) is 0.371. The first kappa shape index (κ1) is 24.1. The third-order valence-electron chi connectivity index (χ3n) is 4.79. The topological polar surface area (TPSA) is 116 Å². The van der Waals surface area contributed by atoms with Crippen molar-refractivity contribution in [3.63, 3.8) is 0 Å². The number of aromatic nitrogens is 3. The lowest BCUT2D eigenvalue weighted by atomic mass is 9.98. The number of pyridine rings is 2. The van der Waals surface area contributed by atoms with E-state index in [2.05, 4.69) is 46.7 Å². The summed E-state index contributed by atoms with van der Waals surface area (Å²) in [6.45, 7) is 8.56. The predicted octanol–water partition coefficient (Wildman–Crippen LogP) is 4.26. The lowest BCUT2D eigenvalue weighted by molar-refractivity contribution is 0.0954. The normalized spacial score (nSPS) is 11.7. The fraction of sp³-hybridized carbons (Fsp3) is 0.292. The van der Waals surface area contributed by atoms with Crippen molar-refractivity contribution in [2.75, 3.05) is 12.4 Å². The molecule has 3 aromatic rings. The maximum Gasteiger partial charge on any atom is 0.263 e. The Hall–Kier alpha value is -3.59. The molecule has 8 nitrogen and oxygen atoms in total. The van der Waals surface area contributed by atoms with Crippen molar-refractivity contribution in [3.05, 3.63) is 69.7 Å². The van der Waals surface area contributed by atoms with Crippen LogP contribution in [0.25, 0.3) is 11.3 Å². The molecule has 172 valence electrons. The van der Waals surface area contributed by atoms with Crippen LogP contribution in [0, 0.1) is 12.3 Å². The van der Waals surface area contributed by atoms with Crippen molar-refractivity contribution >= 4 is 29.3 Å². The van der Waals surface area contributed by atoms with Crippen LogP contribution < -0.4 is 16.0 Å². The highest BCUT2D eigenvalue weighted by Gasteiger charge is 2.20. The first-order chi connectivity index (χ1) is 15.7. The van der Waals surface area contributed by atoms with Crippen LogP contribution in [0.15, 0.2) is 48.6 Å². The molecule has 0 aliphatic heterocycles. The third kappa shape index (κ3) is 6.23. The molecule has 0 bridgehead atoms. The van der Waals surface area contributed by atoms with Gasteiger partial charge >= 0.3 is 0 Å².